The summed E-state index contributed by atoms with van der Waals surface area (Å²) in [6.07, 6.45) is 3.54. The minimum atomic E-state index is -1.61. The molecule has 20 nitrogen and oxygen atoms in total. The molecule has 3 N–H and O–H groups in total. The van der Waals surface area contributed by atoms with Gasteiger partial charge in [0.05, 0.1) is 0 Å². The Balaban J connectivity index is 3.22. The highest BCUT2D eigenvalue weighted by Gasteiger charge is 2.40. The zero-order valence-corrected chi connectivity index (χ0v) is 32.2. The Labute approximate surface area is 334 Å². The monoisotopic (exact) mass is 819 g/mol. The lowest BCUT2D eigenvalue weighted by atomic mass is 9.87. The number of esters is 6. The maximum Gasteiger partial charge on any atom is 0.407 e. The largest absolute Gasteiger partial charge is 0.462 e. The number of ether oxygens (including phenoxy) is 8. The van der Waals surface area contributed by atoms with Crippen molar-refractivity contribution in [3.8, 4) is 0 Å². The van der Waals surface area contributed by atoms with Gasteiger partial charge in [0.2, 0.25) is 5.91 Å². The first-order chi connectivity index (χ1) is 27.5. The van der Waals surface area contributed by atoms with Gasteiger partial charge in [-0.05, 0) is 19.3 Å². The standard InChI is InChI=1S/C38H49N3O17/c1-8-29(43)51-17-37(18-52-30(44)9-2,19-53-31(45)10-3)23-57-35(49)40-27-14-26(39-25(7)42)15-28(16-27)41-36(50)58-24-38(20-54-32(46)11-4,21-55-33(47)12-5)22-56-34(48)13-6/h8-13,26-28H,1-6,14-24H2,7H3,(H,39,42)(H,40,49)(H,41,50). The molecule has 2 atom stereocenters. The predicted octanol–water partition coefficient (Wildman–Crippen LogP) is 1.21. The molecular weight excluding hydrogens is 770 g/mol. The molecule has 1 fully saturated rings. The van der Waals surface area contributed by atoms with E-state index >= 15 is 0 Å². The number of alkyl carbamates (subject to hydrolysis) is 2. The number of carbonyl (C=O) groups is 9. The molecule has 0 radical (unpaired) electrons. The number of rotatable bonds is 25. The molecule has 58 heavy (non-hydrogen) atoms. The lowest BCUT2D eigenvalue weighted by molar-refractivity contribution is -0.161. The molecular formula is C38H49N3O17. The molecule has 0 spiro atoms. The summed E-state index contributed by atoms with van der Waals surface area (Å²) in [6, 6.07) is -2.07. The van der Waals surface area contributed by atoms with Crippen LogP contribution in [0, 0.1) is 10.8 Å². The molecule has 3 amide bonds. The molecule has 2 unspecified atom stereocenters. The van der Waals surface area contributed by atoms with Gasteiger partial charge in [-0.25, -0.2) is 38.4 Å². The summed E-state index contributed by atoms with van der Waals surface area (Å²) in [6.45, 7) is 16.5. The Bertz CT molecular complexity index is 1360. The fourth-order valence-electron chi connectivity index (χ4n) is 5.01. The second-order valence-electron chi connectivity index (χ2n) is 12.8. The van der Waals surface area contributed by atoms with Crippen molar-refractivity contribution in [1.29, 1.82) is 0 Å². The number of amides is 3. The van der Waals surface area contributed by atoms with Gasteiger partial charge in [0, 0.05) is 61.5 Å². The van der Waals surface area contributed by atoms with Crippen molar-refractivity contribution in [1.82, 2.24) is 16.0 Å². The van der Waals surface area contributed by atoms with Crippen molar-refractivity contribution < 1.29 is 81.0 Å². The average Bonchev–Trinajstić information content (AvgIpc) is 3.21. The Morgan fingerprint density at radius 2 is 0.621 bits per heavy atom. The van der Waals surface area contributed by atoms with Crippen molar-refractivity contribution in [2.45, 2.75) is 44.3 Å². The summed E-state index contributed by atoms with van der Waals surface area (Å²) < 4.78 is 41.6. The van der Waals surface area contributed by atoms with Gasteiger partial charge in [-0.3, -0.25) is 4.79 Å². The third kappa shape index (κ3) is 19.2. The van der Waals surface area contributed by atoms with Gasteiger partial charge < -0.3 is 53.8 Å². The minimum Gasteiger partial charge on any atom is -0.462 e. The van der Waals surface area contributed by atoms with Crippen LogP contribution in [0.5, 0.6) is 0 Å². The van der Waals surface area contributed by atoms with Gasteiger partial charge in [0.15, 0.2) is 0 Å². The Hall–Kier alpha value is -6.73. The van der Waals surface area contributed by atoms with Crippen LogP contribution in [-0.4, -0.2) is 125 Å². The fourth-order valence-corrected chi connectivity index (χ4v) is 5.01. The highest BCUT2D eigenvalue weighted by molar-refractivity contribution is 5.83. The summed E-state index contributed by atoms with van der Waals surface area (Å²) in [7, 11) is 0. The molecule has 1 aliphatic rings. The van der Waals surface area contributed by atoms with E-state index in [1.54, 1.807) is 0 Å². The van der Waals surface area contributed by atoms with E-state index in [2.05, 4.69) is 55.4 Å². The lowest BCUT2D eigenvalue weighted by Crippen LogP contribution is -2.54. The molecule has 0 heterocycles. The normalized spacial score (nSPS) is 15.8. The molecule has 20 heteroatoms. The molecule has 0 aromatic rings. The van der Waals surface area contributed by atoms with E-state index in [9.17, 15) is 43.2 Å². The van der Waals surface area contributed by atoms with E-state index in [1.165, 1.54) is 6.92 Å². The third-order valence-electron chi connectivity index (χ3n) is 7.90. The first-order valence-corrected chi connectivity index (χ1v) is 17.4. The van der Waals surface area contributed by atoms with Crippen molar-refractivity contribution in [2.24, 2.45) is 10.8 Å². The van der Waals surface area contributed by atoms with E-state index in [-0.39, 0.29) is 19.3 Å². The van der Waals surface area contributed by atoms with Crippen LogP contribution in [0.25, 0.3) is 0 Å². The van der Waals surface area contributed by atoms with Crippen LogP contribution in [0.2, 0.25) is 0 Å². The average molecular weight is 820 g/mol. The molecule has 0 saturated heterocycles. The van der Waals surface area contributed by atoms with Gasteiger partial charge in [0.25, 0.3) is 0 Å². The van der Waals surface area contributed by atoms with Gasteiger partial charge in [0.1, 0.15) is 63.7 Å². The topological polar surface area (TPSA) is 264 Å². The smallest absolute Gasteiger partial charge is 0.407 e. The van der Waals surface area contributed by atoms with Crippen molar-refractivity contribution in [2.75, 3.05) is 52.9 Å². The maximum atomic E-state index is 13.2. The maximum absolute atomic E-state index is 13.2. The van der Waals surface area contributed by atoms with Crippen molar-refractivity contribution in [3.05, 3.63) is 75.9 Å². The molecule has 1 saturated carbocycles. The quantitative estimate of drug-likeness (QED) is 0.0664. The van der Waals surface area contributed by atoms with Gasteiger partial charge in [-0.1, -0.05) is 39.5 Å². The summed E-state index contributed by atoms with van der Waals surface area (Å²) in [5.41, 5.74) is -3.22. The highest BCUT2D eigenvalue weighted by atomic mass is 16.6. The molecule has 1 rings (SSSR count). The number of hydrogen-bond acceptors (Lipinski definition) is 17. The second-order valence-corrected chi connectivity index (χ2v) is 12.8. The molecule has 0 aliphatic heterocycles. The van der Waals surface area contributed by atoms with E-state index in [0.717, 1.165) is 36.5 Å². The first kappa shape index (κ1) is 49.3. The molecule has 0 bridgehead atoms. The summed E-state index contributed by atoms with van der Waals surface area (Å²) >= 11 is 0. The summed E-state index contributed by atoms with van der Waals surface area (Å²) in [5, 5.41) is 8.01. The van der Waals surface area contributed by atoms with Crippen LogP contribution in [0.15, 0.2) is 75.9 Å². The number of carbonyl (C=O) groups excluding carboxylic acids is 9. The molecule has 0 aromatic heterocycles. The highest BCUT2D eigenvalue weighted by Crippen LogP contribution is 2.25. The van der Waals surface area contributed by atoms with Crippen LogP contribution in [0.3, 0.4) is 0 Å². The third-order valence-corrected chi connectivity index (χ3v) is 7.90. The zero-order valence-electron chi connectivity index (χ0n) is 32.2. The zero-order chi connectivity index (χ0) is 43.7. The lowest BCUT2D eigenvalue weighted by Gasteiger charge is -2.36. The van der Waals surface area contributed by atoms with Crippen molar-refractivity contribution in [3.63, 3.8) is 0 Å². The fraction of sp³-hybridized carbons (Fsp3) is 0.447. The number of nitrogens with one attached hydrogen (secondary N) is 3. The van der Waals surface area contributed by atoms with E-state index in [4.69, 9.17) is 37.9 Å². The van der Waals surface area contributed by atoms with Gasteiger partial charge in [-0.2, -0.15) is 0 Å². The number of hydrogen-bond donors (Lipinski definition) is 3. The van der Waals surface area contributed by atoms with Crippen LogP contribution in [-0.2, 0) is 71.5 Å². The van der Waals surface area contributed by atoms with E-state index in [1.807, 2.05) is 0 Å². The second kappa shape index (κ2) is 25.4. The van der Waals surface area contributed by atoms with Crippen molar-refractivity contribution >= 4 is 53.9 Å². The van der Waals surface area contributed by atoms with Crippen LogP contribution in [0.4, 0.5) is 9.59 Å². The molecule has 0 aromatic carbocycles. The Morgan fingerprint density at radius 3 is 0.828 bits per heavy atom. The Morgan fingerprint density at radius 1 is 0.414 bits per heavy atom. The first-order valence-electron chi connectivity index (χ1n) is 17.4. The van der Waals surface area contributed by atoms with Gasteiger partial charge >= 0.3 is 48.0 Å². The van der Waals surface area contributed by atoms with Gasteiger partial charge in [-0.15, -0.1) is 0 Å². The summed E-state index contributed by atoms with van der Waals surface area (Å²) in [4.78, 5) is 110. The minimum absolute atomic E-state index is 0.0757. The van der Waals surface area contributed by atoms with Crippen LogP contribution >= 0.6 is 0 Å². The SMILES string of the molecule is C=CC(=O)OCC(COC(=O)C=C)(COC(=O)C=C)COC(=O)NC1CC(NC(C)=O)CC(NC(=O)OCC(COC(=O)C=C)(COC(=O)C=C)COC(=O)C=C)C1. The predicted molar refractivity (Wildman–Crippen MR) is 200 cm³/mol. The molecule has 1 aliphatic carbocycles. The van der Waals surface area contributed by atoms with Crippen LogP contribution in [0.1, 0.15) is 26.2 Å². The Kier molecular flexibility index (Phi) is 21.6. The van der Waals surface area contributed by atoms with E-state index < -0.39 is 136 Å². The van der Waals surface area contributed by atoms with E-state index in [0.29, 0.717) is 0 Å². The summed E-state index contributed by atoms with van der Waals surface area (Å²) in [5.74, 6) is -5.67. The molecule has 318 valence electrons. The van der Waals surface area contributed by atoms with Crippen LogP contribution < -0.4 is 16.0 Å².